The van der Waals surface area contributed by atoms with Crippen LogP contribution in [0.3, 0.4) is 0 Å². The predicted octanol–water partition coefficient (Wildman–Crippen LogP) is 8.40. The Labute approximate surface area is 463 Å². The Morgan fingerprint density at radius 1 is 0.405 bits per heavy atom. The summed E-state index contributed by atoms with van der Waals surface area (Å²) >= 11 is 0. The normalized spacial score (nSPS) is 15.2. The summed E-state index contributed by atoms with van der Waals surface area (Å²) in [6.45, 7) is 1.93. The minimum atomic E-state index is -5.98. The number of hydrogen-bond acceptors (Lipinski definition) is 19. The summed E-state index contributed by atoms with van der Waals surface area (Å²) in [4.78, 5) is 160. The van der Waals surface area contributed by atoms with E-state index in [0.29, 0.717) is 42.3 Å². The number of esters is 9. The number of Topliss-reactive ketones (excluding diaryl/α,β-unsaturated/α-hetero) is 4. The summed E-state index contributed by atoms with van der Waals surface area (Å²) in [5.41, 5.74) is -5.76. The van der Waals surface area contributed by atoms with Crippen LogP contribution in [0.4, 0.5) is 26.3 Å². The third-order valence-electron chi connectivity index (χ3n) is 13.5. The van der Waals surface area contributed by atoms with Gasteiger partial charge in [-0.25, -0.2) is 47.9 Å². The van der Waals surface area contributed by atoms with E-state index in [4.69, 9.17) is 9.84 Å². The molecule has 12 rings (SSSR count). The van der Waals surface area contributed by atoms with Crippen molar-refractivity contribution in [1.82, 2.24) is 0 Å². The molecule has 26 heteroatoms. The van der Waals surface area contributed by atoms with Gasteiger partial charge in [-0.3, -0.25) is 19.2 Å². The summed E-state index contributed by atoms with van der Waals surface area (Å²) in [6, 6.07) is 20.8. The lowest BCUT2D eigenvalue weighted by atomic mass is 9.71. The first-order chi connectivity index (χ1) is 39.5. The Balaban J connectivity index is 0.000000141. The van der Waals surface area contributed by atoms with Gasteiger partial charge >= 0.3 is 72.0 Å². The molecule has 0 saturated heterocycles. The Bertz CT molecular complexity index is 3900. The van der Waals surface area contributed by atoms with E-state index in [1.165, 1.54) is 36.4 Å². The van der Waals surface area contributed by atoms with Crippen LogP contribution in [-0.2, 0) is 35.5 Å². The third kappa shape index (κ3) is 10.3. The fourth-order valence-corrected chi connectivity index (χ4v) is 9.52. The lowest BCUT2D eigenvalue weighted by molar-refractivity contribution is -0.288. The number of rotatable bonds is 7. The average Bonchev–Trinajstić information content (AvgIpc) is 0.804. The number of carbonyl (C=O) groups is 14. The molecule has 4 heterocycles. The zero-order valence-electron chi connectivity index (χ0n) is 42.2. The maximum Gasteiger partial charge on any atom is 0.411 e. The summed E-state index contributed by atoms with van der Waals surface area (Å²) in [6.07, 6.45) is -12.3. The number of carbonyl (C=O) groups excluding carboxylic acids is 13. The van der Waals surface area contributed by atoms with Crippen LogP contribution in [0, 0.1) is 0 Å². The van der Waals surface area contributed by atoms with Crippen LogP contribution in [0.2, 0.25) is 0 Å². The van der Waals surface area contributed by atoms with Gasteiger partial charge in [0.2, 0.25) is 5.41 Å². The van der Waals surface area contributed by atoms with Gasteiger partial charge in [-0.2, -0.15) is 26.3 Å². The number of carboxylic acid groups (broad SMARTS) is 1. The molecule has 6 aromatic rings. The molecule has 0 bridgehead atoms. The Morgan fingerprint density at radius 3 is 1.13 bits per heavy atom. The fraction of sp³-hybridized carbons (Fsp3) is 0.138. The van der Waals surface area contributed by atoms with Gasteiger partial charge in [-0.1, -0.05) is 30.3 Å². The highest BCUT2D eigenvalue weighted by Crippen LogP contribution is 2.57. The SMILES string of the molecule is CCOC(=O)c1ccc2c(c1)C(=O)OC2=O.O=C(O)c1ccc2c(c1)C(=O)CC2=O.O=C1CC(=O)c2cc(C(c3ccc4c(c3)C(=O)OC4=O)(C(F)(F)F)C(F)(F)F)ccc21.O=C1OC(=O)c2cc(Cc3ccc4c(c3)C(=O)OC4=O)ccc21. The van der Waals surface area contributed by atoms with Gasteiger partial charge in [0.05, 0.1) is 75.1 Å². The number of alkyl halides is 6. The van der Waals surface area contributed by atoms with E-state index < -0.39 is 123 Å². The van der Waals surface area contributed by atoms with E-state index in [2.05, 4.69) is 18.9 Å². The Kier molecular flexibility index (Phi) is 14.8. The van der Waals surface area contributed by atoms with E-state index in [-0.39, 0.29) is 80.2 Å². The fourth-order valence-electron chi connectivity index (χ4n) is 9.52. The molecule has 0 spiro atoms. The molecule has 0 saturated carbocycles. The van der Waals surface area contributed by atoms with Crippen molar-refractivity contribution < 1.29 is 122 Å². The summed E-state index contributed by atoms with van der Waals surface area (Å²) in [7, 11) is 0. The number of ketones is 4. The quantitative estimate of drug-likeness (QED) is 0.0678. The van der Waals surface area contributed by atoms with Gasteiger partial charge in [-0.05, 0) is 114 Å². The number of aromatic carboxylic acids is 1. The van der Waals surface area contributed by atoms with Crippen molar-refractivity contribution >= 4 is 82.8 Å². The first kappa shape index (κ1) is 57.8. The van der Waals surface area contributed by atoms with Crippen LogP contribution in [0.25, 0.3) is 0 Å². The second-order valence-electron chi connectivity index (χ2n) is 18.5. The van der Waals surface area contributed by atoms with Gasteiger partial charge in [0, 0.05) is 22.3 Å². The lowest BCUT2D eigenvalue weighted by Gasteiger charge is -2.38. The van der Waals surface area contributed by atoms with Crippen LogP contribution in [0.5, 0.6) is 0 Å². The van der Waals surface area contributed by atoms with Crippen molar-refractivity contribution in [2.24, 2.45) is 0 Å². The van der Waals surface area contributed by atoms with Crippen LogP contribution in [0.1, 0.15) is 187 Å². The van der Waals surface area contributed by atoms with Crippen molar-refractivity contribution in [3.8, 4) is 0 Å². The smallest absolute Gasteiger partial charge is 0.411 e. The number of hydrogen-bond donors (Lipinski definition) is 1. The van der Waals surface area contributed by atoms with Crippen LogP contribution < -0.4 is 0 Å². The number of carboxylic acids is 1. The van der Waals surface area contributed by atoms with E-state index in [1.54, 1.807) is 43.3 Å². The summed E-state index contributed by atoms with van der Waals surface area (Å²) in [5.74, 6) is -10.4. The monoisotopic (exact) mass is 1160 g/mol. The molecule has 6 aromatic carbocycles. The van der Waals surface area contributed by atoms with Crippen LogP contribution in [-0.4, -0.2) is 107 Å². The Hall–Kier alpha value is -10.9. The maximum absolute atomic E-state index is 14.2. The molecule has 2 aliphatic carbocycles. The molecule has 1 N–H and O–H groups in total. The zero-order valence-corrected chi connectivity index (χ0v) is 42.2. The molecule has 4 aliphatic heterocycles. The molecule has 84 heavy (non-hydrogen) atoms. The second kappa shape index (κ2) is 21.5. The van der Waals surface area contributed by atoms with Gasteiger partial charge in [0.15, 0.2) is 23.1 Å². The number of ether oxygens (including phenoxy) is 5. The van der Waals surface area contributed by atoms with Crippen LogP contribution in [0.15, 0.2) is 109 Å². The summed E-state index contributed by atoms with van der Waals surface area (Å²) < 4.78 is 108. The molecule has 0 amide bonds. The van der Waals surface area contributed by atoms with E-state index in [0.717, 1.165) is 17.2 Å². The van der Waals surface area contributed by atoms with Gasteiger partial charge < -0.3 is 28.8 Å². The van der Waals surface area contributed by atoms with Crippen molar-refractivity contribution in [2.75, 3.05) is 6.61 Å². The van der Waals surface area contributed by atoms with E-state index >= 15 is 0 Å². The lowest BCUT2D eigenvalue weighted by Crippen LogP contribution is -2.55. The highest BCUT2D eigenvalue weighted by Gasteiger charge is 2.73. The predicted molar refractivity (Wildman–Crippen MR) is 263 cm³/mol. The topological polar surface area (TPSA) is 305 Å². The Morgan fingerprint density at radius 2 is 0.714 bits per heavy atom. The number of cyclic esters (lactones) is 8. The van der Waals surface area contributed by atoms with Crippen molar-refractivity contribution in [2.45, 2.75) is 44.0 Å². The summed E-state index contributed by atoms with van der Waals surface area (Å²) in [5, 5.41) is 8.67. The molecule has 424 valence electrons. The molecule has 0 atom stereocenters. The first-order valence-corrected chi connectivity index (χ1v) is 24.1. The number of halogens is 6. The molecule has 20 nitrogen and oxygen atoms in total. The van der Waals surface area contributed by atoms with Gasteiger partial charge in [0.25, 0.3) is 0 Å². The largest absolute Gasteiger partial charge is 0.478 e. The van der Waals surface area contributed by atoms with E-state index in [9.17, 15) is 93.5 Å². The molecule has 0 aromatic heterocycles. The van der Waals surface area contributed by atoms with Crippen molar-refractivity contribution in [3.05, 3.63) is 209 Å². The highest BCUT2D eigenvalue weighted by molar-refractivity contribution is 6.25. The molecule has 0 unspecified atom stereocenters. The molecular weight excluding hydrogens is 1130 g/mol. The number of fused-ring (bicyclic) bond motifs is 6. The molecule has 0 radical (unpaired) electrons. The highest BCUT2D eigenvalue weighted by atomic mass is 19.4. The molecule has 0 fully saturated rings. The maximum atomic E-state index is 14.2. The zero-order chi connectivity index (χ0) is 61.1. The van der Waals surface area contributed by atoms with Gasteiger partial charge in [0.1, 0.15) is 0 Å². The van der Waals surface area contributed by atoms with Crippen LogP contribution >= 0.6 is 0 Å². The van der Waals surface area contributed by atoms with Crippen molar-refractivity contribution in [3.63, 3.8) is 0 Å². The molecule has 6 aliphatic rings. The molecular formula is C58H30F6O20. The average molecular weight is 1160 g/mol. The third-order valence-corrected chi connectivity index (χ3v) is 13.5. The standard InChI is InChI=1S/C20H8F6O5.C17H8O6.C11H8O5.C10H6O4/c21-19(22,23)18(20(24,25)26,8-1-3-10-12(5-8)15(28)7-14(10)27)9-2-4-11-13(6-9)17(30)31-16(11)29;18-14-10-3-1-8(6-12(10)16(20)22-14)5-9-2-4-11-13(7-9)17(21)23-15(11)19;1-2-15-9(12)6-3-4-7-8(5-6)11(14)16-10(7)13;11-8-4-9(12)7-3-5(10(13)14)1-2-6(7)8/h1-6H,7H2;1-4,6-7H,5H2;3-5H,2H2,1H3;1-3H,4H2,(H,13,14). The second-order valence-corrected chi connectivity index (χ2v) is 18.5. The first-order valence-electron chi connectivity index (χ1n) is 24.1. The number of benzene rings is 6. The van der Waals surface area contributed by atoms with Gasteiger partial charge in [-0.15, -0.1) is 0 Å². The van der Waals surface area contributed by atoms with Crippen molar-refractivity contribution in [1.29, 1.82) is 0 Å². The minimum absolute atomic E-state index is 0.0341. The van der Waals surface area contributed by atoms with E-state index in [1.807, 2.05) is 0 Å². The minimum Gasteiger partial charge on any atom is -0.478 e.